The summed E-state index contributed by atoms with van der Waals surface area (Å²) in [5.74, 6) is 0. The van der Waals surface area contributed by atoms with Crippen LogP contribution >= 0.6 is 0 Å². The number of aromatic nitrogens is 1. The molecule has 0 aliphatic carbocycles. The number of hydrogen-bond acceptors (Lipinski definition) is 2. The SMILES string of the molecule is CNC(CCCc1ccccc1)Cc1cccnc1. The fourth-order valence-corrected chi connectivity index (χ4v) is 2.35. The third kappa shape index (κ3) is 4.84. The lowest BCUT2D eigenvalue weighted by Gasteiger charge is -2.16. The molecule has 19 heavy (non-hydrogen) atoms. The summed E-state index contributed by atoms with van der Waals surface area (Å²) in [4.78, 5) is 4.17. The van der Waals surface area contributed by atoms with E-state index in [1.165, 1.54) is 24.0 Å². The number of hydrogen-bond donors (Lipinski definition) is 1. The van der Waals surface area contributed by atoms with Gasteiger partial charge in [-0.1, -0.05) is 36.4 Å². The molecule has 1 aromatic carbocycles. The Bertz CT molecular complexity index is 453. The number of likely N-dealkylation sites (N-methyl/N-ethyl adjacent to an activating group) is 1. The fraction of sp³-hybridized carbons (Fsp3) is 0.353. The molecule has 1 aromatic heterocycles. The van der Waals surface area contributed by atoms with Crippen molar-refractivity contribution in [1.29, 1.82) is 0 Å². The Labute approximate surface area is 115 Å². The summed E-state index contributed by atoms with van der Waals surface area (Å²) in [5.41, 5.74) is 2.74. The minimum Gasteiger partial charge on any atom is -0.317 e. The van der Waals surface area contributed by atoms with Gasteiger partial charge in [-0.2, -0.15) is 0 Å². The molecule has 1 unspecified atom stereocenters. The van der Waals surface area contributed by atoms with Gasteiger partial charge in [0, 0.05) is 18.4 Å². The van der Waals surface area contributed by atoms with Crippen LogP contribution in [0.2, 0.25) is 0 Å². The van der Waals surface area contributed by atoms with Crippen molar-refractivity contribution >= 4 is 0 Å². The summed E-state index contributed by atoms with van der Waals surface area (Å²) in [6.07, 6.45) is 8.41. The Balaban J connectivity index is 1.77. The minimum atomic E-state index is 0.535. The first kappa shape index (κ1) is 13.8. The molecule has 0 amide bonds. The van der Waals surface area contributed by atoms with Crippen molar-refractivity contribution < 1.29 is 0 Å². The summed E-state index contributed by atoms with van der Waals surface area (Å²) < 4.78 is 0. The highest BCUT2D eigenvalue weighted by atomic mass is 14.9. The topological polar surface area (TPSA) is 24.9 Å². The molecule has 100 valence electrons. The lowest BCUT2D eigenvalue weighted by molar-refractivity contribution is 0.501. The van der Waals surface area contributed by atoms with Crippen molar-refractivity contribution in [2.75, 3.05) is 7.05 Å². The zero-order chi connectivity index (χ0) is 13.3. The van der Waals surface area contributed by atoms with Gasteiger partial charge in [-0.3, -0.25) is 4.98 Å². The number of benzene rings is 1. The van der Waals surface area contributed by atoms with Crippen LogP contribution in [0.1, 0.15) is 24.0 Å². The normalized spacial score (nSPS) is 12.3. The predicted octanol–water partition coefficient (Wildman–Crippen LogP) is 3.24. The highest BCUT2D eigenvalue weighted by molar-refractivity contribution is 5.14. The lowest BCUT2D eigenvalue weighted by Crippen LogP contribution is -2.27. The van der Waals surface area contributed by atoms with E-state index < -0.39 is 0 Å². The average Bonchev–Trinajstić information content (AvgIpc) is 2.48. The molecule has 2 nitrogen and oxygen atoms in total. The molecule has 0 saturated heterocycles. The number of aryl methyl sites for hydroxylation is 1. The van der Waals surface area contributed by atoms with E-state index in [1.807, 2.05) is 25.5 Å². The van der Waals surface area contributed by atoms with E-state index in [-0.39, 0.29) is 0 Å². The van der Waals surface area contributed by atoms with Crippen LogP contribution in [0.4, 0.5) is 0 Å². The van der Waals surface area contributed by atoms with Crippen molar-refractivity contribution in [1.82, 2.24) is 10.3 Å². The number of rotatable bonds is 7. The Kier molecular flexibility index (Phi) is 5.57. The molecule has 0 radical (unpaired) electrons. The van der Waals surface area contributed by atoms with Crippen LogP contribution in [-0.2, 0) is 12.8 Å². The summed E-state index contributed by atoms with van der Waals surface area (Å²) in [7, 11) is 2.05. The van der Waals surface area contributed by atoms with Gasteiger partial charge in [0.05, 0.1) is 0 Å². The van der Waals surface area contributed by atoms with Crippen molar-refractivity contribution in [3.05, 3.63) is 66.0 Å². The predicted molar refractivity (Wildman–Crippen MR) is 80.2 cm³/mol. The zero-order valence-corrected chi connectivity index (χ0v) is 11.5. The molecule has 0 saturated carbocycles. The molecule has 2 heteroatoms. The molecule has 2 rings (SSSR count). The van der Waals surface area contributed by atoms with Gasteiger partial charge >= 0.3 is 0 Å². The van der Waals surface area contributed by atoms with Crippen LogP contribution in [0, 0.1) is 0 Å². The Hall–Kier alpha value is -1.67. The number of nitrogens with one attached hydrogen (secondary N) is 1. The summed E-state index contributed by atoms with van der Waals surface area (Å²) >= 11 is 0. The van der Waals surface area contributed by atoms with Gasteiger partial charge in [-0.05, 0) is 49.9 Å². The molecule has 0 fully saturated rings. The van der Waals surface area contributed by atoms with E-state index in [9.17, 15) is 0 Å². The first-order valence-electron chi connectivity index (χ1n) is 6.98. The van der Waals surface area contributed by atoms with Crippen LogP contribution < -0.4 is 5.32 Å². The van der Waals surface area contributed by atoms with Crippen LogP contribution in [0.5, 0.6) is 0 Å². The van der Waals surface area contributed by atoms with Crippen molar-refractivity contribution in [2.24, 2.45) is 0 Å². The maximum atomic E-state index is 4.17. The van der Waals surface area contributed by atoms with Gasteiger partial charge in [-0.15, -0.1) is 0 Å². The molecule has 0 aliphatic rings. The van der Waals surface area contributed by atoms with Gasteiger partial charge in [0.25, 0.3) is 0 Å². The summed E-state index contributed by atoms with van der Waals surface area (Å²) in [6, 6.07) is 15.4. The molecular weight excluding hydrogens is 232 g/mol. The van der Waals surface area contributed by atoms with E-state index in [0.29, 0.717) is 6.04 Å². The largest absolute Gasteiger partial charge is 0.317 e. The minimum absolute atomic E-state index is 0.535. The van der Waals surface area contributed by atoms with Gasteiger partial charge in [-0.25, -0.2) is 0 Å². The van der Waals surface area contributed by atoms with Gasteiger partial charge in [0.1, 0.15) is 0 Å². The van der Waals surface area contributed by atoms with Gasteiger partial charge < -0.3 is 5.32 Å². The summed E-state index contributed by atoms with van der Waals surface area (Å²) in [6.45, 7) is 0. The molecule has 1 N–H and O–H groups in total. The van der Waals surface area contributed by atoms with Crippen LogP contribution in [0.15, 0.2) is 54.9 Å². The fourth-order valence-electron chi connectivity index (χ4n) is 2.35. The van der Waals surface area contributed by atoms with E-state index in [4.69, 9.17) is 0 Å². The Morgan fingerprint density at radius 1 is 1.05 bits per heavy atom. The van der Waals surface area contributed by atoms with Crippen LogP contribution in [-0.4, -0.2) is 18.1 Å². The van der Waals surface area contributed by atoms with E-state index in [2.05, 4.69) is 46.7 Å². The maximum Gasteiger partial charge on any atom is 0.0300 e. The maximum absolute atomic E-state index is 4.17. The first-order chi connectivity index (χ1) is 9.38. The van der Waals surface area contributed by atoms with Crippen LogP contribution in [0.25, 0.3) is 0 Å². The van der Waals surface area contributed by atoms with Crippen LogP contribution in [0.3, 0.4) is 0 Å². The summed E-state index contributed by atoms with van der Waals surface area (Å²) in [5, 5.41) is 3.41. The number of pyridine rings is 1. The molecule has 0 spiro atoms. The van der Waals surface area contributed by atoms with Crippen molar-refractivity contribution in [3.63, 3.8) is 0 Å². The molecular formula is C17H22N2. The zero-order valence-electron chi connectivity index (χ0n) is 11.5. The highest BCUT2D eigenvalue weighted by Crippen LogP contribution is 2.10. The standard InChI is InChI=1S/C17H22N2/c1-18-17(13-16-10-6-12-19-14-16)11-5-9-15-7-3-2-4-8-15/h2-4,6-8,10,12,14,17-18H,5,9,11,13H2,1H3. The van der Waals surface area contributed by atoms with E-state index in [0.717, 1.165) is 12.8 Å². The smallest absolute Gasteiger partial charge is 0.0300 e. The first-order valence-corrected chi connectivity index (χ1v) is 6.98. The molecule has 1 heterocycles. The average molecular weight is 254 g/mol. The van der Waals surface area contributed by atoms with Crippen molar-refractivity contribution in [2.45, 2.75) is 31.7 Å². The second kappa shape index (κ2) is 7.70. The molecule has 0 bridgehead atoms. The lowest BCUT2D eigenvalue weighted by atomic mass is 10.00. The molecule has 1 atom stereocenters. The number of nitrogens with zero attached hydrogens (tertiary/aromatic N) is 1. The quantitative estimate of drug-likeness (QED) is 0.820. The Morgan fingerprint density at radius 2 is 1.84 bits per heavy atom. The molecule has 0 aliphatic heterocycles. The van der Waals surface area contributed by atoms with E-state index >= 15 is 0 Å². The van der Waals surface area contributed by atoms with Crippen molar-refractivity contribution in [3.8, 4) is 0 Å². The van der Waals surface area contributed by atoms with Gasteiger partial charge in [0.2, 0.25) is 0 Å². The highest BCUT2D eigenvalue weighted by Gasteiger charge is 2.07. The Morgan fingerprint density at radius 3 is 2.53 bits per heavy atom. The second-order valence-electron chi connectivity index (χ2n) is 4.93. The third-order valence-corrected chi connectivity index (χ3v) is 3.47. The monoisotopic (exact) mass is 254 g/mol. The van der Waals surface area contributed by atoms with E-state index in [1.54, 1.807) is 0 Å². The second-order valence-corrected chi connectivity index (χ2v) is 4.93. The van der Waals surface area contributed by atoms with Gasteiger partial charge in [0.15, 0.2) is 0 Å². The third-order valence-electron chi connectivity index (χ3n) is 3.47. The molecule has 2 aromatic rings.